The van der Waals surface area contributed by atoms with Crippen molar-refractivity contribution in [3.8, 4) is 0 Å². The molecule has 0 N–H and O–H groups in total. The largest absolute Gasteiger partial charge is 0.414 e. The van der Waals surface area contributed by atoms with Crippen molar-refractivity contribution in [1.29, 1.82) is 0 Å². The van der Waals surface area contributed by atoms with E-state index in [-0.39, 0.29) is 22.1 Å². The van der Waals surface area contributed by atoms with Crippen molar-refractivity contribution in [2.75, 3.05) is 0 Å². The second-order valence-electron chi connectivity index (χ2n) is 14.9. The quantitative estimate of drug-likeness (QED) is 0.195. The summed E-state index contributed by atoms with van der Waals surface area (Å²) in [4.78, 5) is 13.3. The molecule has 0 amide bonds. The van der Waals surface area contributed by atoms with Crippen LogP contribution in [0.25, 0.3) is 0 Å². The minimum Gasteiger partial charge on any atom is -0.414 e. The highest BCUT2D eigenvalue weighted by molar-refractivity contribution is 6.74. The summed E-state index contributed by atoms with van der Waals surface area (Å²) in [5.74, 6) is 1.50. The maximum absolute atomic E-state index is 13.3. The van der Waals surface area contributed by atoms with Crippen molar-refractivity contribution >= 4 is 22.4 Å². The van der Waals surface area contributed by atoms with E-state index in [1.54, 1.807) is 0 Å². The lowest BCUT2D eigenvalue weighted by Crippen LogP contribution is -2.47. The number of carbonyl (C=O) groups is 1. The zero-order valence-corrected chi connectivity index (χ0v) is 27.8. The van der Waals surface area contributed by atoms with Gasteiger partial charge in [-0.1, -0.05) is 79.9 Å². The number of carbonyl (C=O) groups excluding carboxylic acids is 1. The molecule has 2 fully saturated rings. The highest BCUT2D eigenvalue weighted by Gasteiger charge is 2.48. The maximum Gasteiger partial charge on any atom is 0.192 e. The average molecular weight is 537 g/mol. The number of hydrogen-bond acceptors (Lipinski definition) is 3. The average Bonchev–Trinajstić information content (AvgIpc) is 3.03. The van der Waals surface area contributed by atoms with Crippen LogP contribution in [0.5, 0.6) is 0 Å². The molecule has 2 aliphatic rings. The van der Waals surface area contributed by atoms with Crippen LogP contribution in [0, 0.1) is 17.8 Å². The van der Waals surface area contributed by atoms with Crippen LogP contribution in [-0.4, -0.2) is 34.6 Å². The Labute approximate surface area is 226 Å². The normalized spacial score (nSPS) is 26.2. The van der Waals surface area contributed by atoms with E-state index in [1.807, 2.05) is 0 Å². The number of rotatable bonds is 11. The summed E-state index contributed by atoms with van der Waals surface area (Å²) >= 11 is 0. The number of allylic oxidation sites excluding steroid dienone is 2. The van der Waals surface area contributed by atoms with E-state index in [2.05, 4.69) is 86.8 Å². The number of Topliss-reactive ketones (excluding diaryl/α,β-unsaturated/α-hetero) is 1. The molecule has 0 unspecified atom stereocenters. The predicted molar refractivity (Wildman–Crippen MR) is 161 cm³/mol. The number of hydrogen-bond donors (Lipinski definition) is 0. The summed E-state index contributed by atoms with van der Waals surface area (Å²) in [6.45, 7) is 25.6. The Morgan fingerprint density at radius 1 is 0.917 bits per heavy atom. The minimum absolute atomic E-state index is 0.0679. The predicted octanol–water partition coefficient (Wildman–Crippen LogP) is 9.69. The van der Waals surface area contributed by atoms with Crippen LogP contribution in [0.15, 0.2) is 12.2 Å². The Hall–Kier alpha value is -0.236. The first-order chi connectivity index (χ1) is 16.5. The first kappa shape index (κ1) is 32.0. The van der Waals surface area contributed by atoms with Gasteiger partial charge in [-0.05, 0) is 86.6 Å². The molecule has 0 spiro atoms. The van der Waals surface area contributed by atoms with Crippen LogP contribution >= 0.6 is 0 Å². The summed E-state index contributed by atoms with van der Waals surface area (Å²) in [5, 5.41) is 0.363. The summed E-state index contributed by atoms with van der Waals surface area (Å²) in [7, 11) is -3.82. The summed E-state index contributed by atoms with van der Waals surface area (Å²) in [6, 6.07) is 0. The van der Waals surface area contributed by atoms with Crippen molar-refractivity contribution in [3.63, 3.8) is 0 Å². The molecule has 210 valence electrons. The van der Waals surface area contributed by atoms with E-state index in [4.69, 9.17) is 8.85 Å². The third-order valence-corrected chi connectivity index (χ3v) is 19.1. The van der Waals surface area contributed by atoms with Crippen LogP contribution in [-0.2, 0) is 13.6 Å². The molecule has 0 aromatic carbocycles. The van der Waals surface area contributed by atoms with Gasteiger partial charge in [-0.2, -0.15) is 0 Å². The molecular formula is C31H60O3Si2. The smallest absolute Gasteiger partial charge is 0.192 e. The molecule has 0 aliphatic heterocycles. The first-order valence-corrected chi connectivity index (χ1v) is 20.8. The van der Waals surface area contributed by atoms with Gasteiger partial charge in [0.1, 0.15) is 5.78 Å². The number of ketones is 1. The second-order valence-corrected chi connectivity index (χ2v) is 24.4. The molecule has 0 heterocycles. The minimum atomic E-state index is -1.96. The van der Waals surface area contributed by atoms with E-state index < -0.39 is 16.6 Å². The summed E-state index contributed by atoms with van der Waals surface area (Å²) in [6.07, 6.45) is 16.1. The Balaban J connectivity index is 2.28. The van der Waals surface area contributed by atoms with Crippen molar-refractivity contribution in [1.82, 2.24) is 0 Å². The van der Waals surface area contributed by atoms with Crippen molar-refractivity contribution in [3.05, 3.63) is 12.2 Å². The molecule has 3 nitrogen and oxygen atoms in total. The van der Waals surface area contributed by atoms with Crippen LogP contribution in [0.2, 0.25) is 36.3 Å². The van der Waals surface area contributed by atoms with Gasteiger partial charge >= 0.3 is 0 Å². The molecule has 2 saturated carbocycles. The third kappa shape index (κ3) is 8.38. The van der Waals surface area contributed by atoms with E-state index >= 15 is 0 Å². The van der Waals surface area contributed by atoms with Gasteiger partial charge in [0.15, 0.2) is 16.6 Å². The molecule has 0 aromatic rings. The monoisotopic (exact) mass is 536 g/mol. The van der Waals surface area contributed by atoms with Crippen LogP contribution in [0.1, 0.15) is 113 Å². The Morgan fingerprint density at radius 2 is 1.50 bits per heavy atom. The Kier molecular flexibility index (Phi) is 11.3. The first-order valence-electron chi connectivity index (χ1n) is 15.0. The molecule has 0 saturated heterocycles. The molecule has 0 radical (unpaired) electrons. The van der Waals surface area contributed by atoms with E-state index in [1.165, 1.54) is 32.1 Å². The van der Waals surface area contributed by atoms with Gasteiger partial charge < -0.3 is 8.85 Å². The Bertz CT molecular complexity index is 723. The fourth-order valence-electron chi connectivity index (χ4n) is 5.59. The van der Waals surface area contributed by atoms with E-state index in [9.17, 15) is 4.79 Å². The van der Waals surface area contributed by atoms with Gasteiger partial charge in [0.25, 0.3) is 0 Å². The van der Waals surface area contributed by atoms with Gasteiger partial charge in [-0.15, -0.1) is 0 Å². The zero-order chi connectivity index (χ0) is 27.4. The van der Waals surface area contributed by atoms with Crippen LogP contribution in [0.4, 0.5) is 0 Å². The van der Waals surface area contributed by atoms with Crippen LogP contribution < -0.4 is 0 Å². The molecule has 4 atom stereocenters. The molecule has 2 aliphatic carbocycles. The summed E-state index contributed by atoms with van der Waals surface area (Å²) < 4.78 is 14.1. The van der Waals surface area contributed by atoms with Crippen molar-refractivity contribution in [2.45, 2.75) is 161 Å². The fourth-order valence-corrected chi connectivity index (χ4v) is 8.38. The van der Waals surface area contributed by atoms with Crippen molar-refractivity contribution in [2.24, 2.45) is 17.8 Å². The highest BCUT2D eigenvalue weighted by Crippen LogP contribution is 2.45. The van der Waals surface area contributed by atoms with Crippen LogP contribution in [0.3, 0.4) is 0 Å². The van der Waals surface area contributed by atoms with E-state index in [0.717, 1.165) is 25.7 Å². The molecular weight excluding hydrogens is 477 g/mol. The van der Waals surface area contributed by atoms with Gasteiger partial charge in [0, 0.05) is 18.4 Å². The second kappa shape index (κ2) is 12.7. The van der Waals surface area contributed by atoms with Crippen molar-refractivity contribution < 1.29 is 13.6 Å². The van der Waals surface area contributed by atoms with Gasteiger partial charge in [0.2, 0.25) is 0 Å². The lowest BCUT2D eigenvalue weighted by molar-refractivity contribution is -0.121. The fraction of sp³-hybridized carbons (Fsp3) is 0.903. The molecule has 2 rings (SSSR count). The van der Waals surface area contributed by atoms with Gasteiger partial charge in [-0.25, -0.2) is 0 Å². The maximum atomic E-state index is 13.3. The lowest BCUT2D eigenvalue weighted by atomic mass is 9.81. The molecule has 5 heteroatoms. The van der Waals surface area contributed by atoms with Gasteiger partial charge in [0.05, 0.1) is 6.10 Å². The highest BCUT2D eigenvalue weighted by atomic mass is 28.4. The third-order valence-electron chi connectivity index (χ3n) is 10.1. The Morgan fingerprint density at radius 3 is 2.03 bits per heavy atom. The standard InChI is InChI=1S/C31H60O3Si2/c1-12-13-15-20-25-26(29(23-27(25)32)34-36(10,11)31(5,6)7)21-22-28(24-18-16-14-17-19-24)33-35(8,9)30(2,3)4/h13,15,24-26,28-29H,12,14,16-23H2,1-11H3/b15-13-/t25-,26-,28-,29-/m1/s1. The van der Waals surface area contributed by atoms with Gasteiger partial charge in [-0.3, -0.25) is 4.79 Å². The zero-order valence-electron chi connectivity index (χ0n) is 25.8. The molecule has 36 heavy (non-hydrogen) atoms. The molecule has 0 bridgehead atoms. The van der Waals surface area contributed by atoms with E-state index in [0.29, 0.717) is 30.1 Å². The lowest BCUT2D eigenvalue weighted by Gasteiger charge is -2.43. The molecule has 0 aromatic heterocycles. The SMILES string of the molecule is CC/C=C\C[C@H]1C(=O)C[C@@H](O[Si](C)(C)C(C)(C)C)[C@@H]1CC[C@@H](O[Si](C)(C)C(C)(C)C)C1CCCCC1. The summed E-state index contributed by atoms with van der Waals surface area (Å²) in [5.41, 5.74) is 0. The topological polar surface area (TPSA) is 35.5 Å².